The Bertz CT molecular complexity index is 1670. The van der Waals surface area contributed by atoms with Crippen LogP contribution in [0.3, 0.4) is 0 Å². The van der Waals surface area contributed by atoms with Crippen molar-refractivity contribution in [1.82, 2.24) is 0 Å². The van der Waals surface area contributed by atoms with Gasteiger partial charge in [0.15, 0.2) is 5.60 Å². The maximum absolute atomic E-state index is 13.1. The van der Waals surface area contributed by atoms with Gasteiger partial charge in [-0.2, -0.15) is 0 Å². The summed E-state index contributed by atoms with van der Waals surface area (Å²) in [7, 11) is 0. The van der Waals surface area contributed by atoms with Crippen molar-refractivity contribution in [2.45, 2.75) is 187 Å². The van der Waals surface area contributed by atoms with Crippen LogP contribution in [0, 0.1) is 0 Å². The number of hydrogen-bond acceptors (Lipinski definition) is 6. The van der Waals surface area contributed by atoms with E-state index in [1.807, 2.05) is 18.2 Å². The van der Waals surface area contributed by atoms with Crippen LogP contribution in [0.25, 0.3) is 0 Å². The average molecular weight is 747 g/mol. The van der Waals surface area contributed by atoms with E-state index in [0.717, 1.165) is 33.4 Å². The molecule has 0 heterocycles. The molecule has 3 rings (SSSR count). The Morgan fingerprint density at radius 1 is 0.426 bits per heavy atom. The van der Waals surface area contributed by atoms with Crippen LogP contribution in [0.2, 0.25) is 0 Å². The minimum Gasteiger partial charge on any atom is -0.475 e. The molecule has 0 aromatic heterocycles. The third kappa shape index (κ3) is 9.61. The second kappa shape index (κ2) is 15.3. The molecule has 6 heteroatoms. The van der Waals surface area contributed by atoms with E-state index in [0.29, 0.717) is 16.9 Å². The third-order valence-corrected chi connectivity index (χ3v) is 10.8. The Kier molecular flexibility index (Phi) is 12.9. The molecule has 302 valence electrons. The van der Waals surface area contributed by atoms with Gasteiger partial charge in [0, 0.05) is 11.1 Å². The van der Waals surface area contributed by atoms with Crippen LogP contribution in [0.5, 0.6) is 5.75 Å². The lowest BCUT2D eigenvalue weighted by atomic mass is 9.66. The van der Waals surface area contributed by atoms with Gasteiger partial charge >= 0.3 is 0 Å². The molecule has 0 aliphatic heterocycles. The monoisotopic (exact) mass is 747 g/mol. The maximum Gasteiger partial charge on any atom is 0.188 e. The Labute approximate surface area is 328 Å². The molecule has 0 radical (unpaired) electrons. The first-order chi connectivity index (χ1) is 24.2. The SMILES string of the molecule is CC(C)(C)c1ccc(OC(c2ccc(C(C)(C)C)cc2C(C)(C)C)(c2ccc(C(C)(C)C)cc2C(C)(C)C)C(O)C(O)C(O)C(O)CO)c(C(C)(C)C)c1. The quantitative estimate of drug-likeness (QED) is 0.149. The van der Waals surface area contributed by atoms with Crippen molar-refractivity contribution in [2.75, 3.05) is 6.61 Å². The van der Waals surface area contributed by atoms with Crippen molar-refractivity contribution in [3.63, 3.8) is 0 Å². The molecule has 3 aromatic carbocycles. The molecule has 0 aliphatic rings. The zero-order valence-electron chi connectivity index (χ0n) is 36.9. The summed E-state index contributed by atoms with van der Waals surface area (Å²) in [4.78, 5) is 0. The highest BCUT2D eigenvalue weighted by Crippen LogP contribution is 2.50. The summed E-state index contributed by atoms with van der Waals surface area (Å²) in [5, 5.41) is 57.2. The molecule has 0 aliphatic carbocycles. The van der Waals surface area contributed by atoms with Crippen molar-refractivity contribution < 1.29 is 30.3 Å². The zero-order chi connectivity index (χ0) is 41.8. The Hall–Kier alpha value is -2.74. The van der Waals surface area contributed by atoms with E-state index in [9.17, 15) is 25.5 Å². The molecule has 3 aromatic rings. The third-order valence-electron chi connectivity index (χ3n) is 10.8. The summed E-state index contributed by atoms with van der Waals surface area (Å²) in [6.45, 7) is 37.9. The highest BCUT2D eigenvalue weighted by Gasteiger charge is 2.54. The molecule has 0 bridgehead atoms. The largest absolute Gasteiger partial charge is 0.475 e. The maximum atomic E-state index is 13.1. The fourth-order valence-corrected chi connectivity index (χ4v) is 7.15. The predicted octanol–water partition coefficient (Wildman–Crippen LogP) is 9.23. The Morgan fingerprint density at radius 2 is 0.759 bits per heavy atom. The topological polar surface area (TPSA) is 110 Å². The van der Waals surface area contributed by atoms with Gasteiger partial charge in [-0.05, 0) is 71.9 Å². The average Bonchev–Trinajstić information content (AvgIpc) is 3.02. The zero-order valence-corrected chi connectivity index (χ0v) is 36.9. The summed E-state index contributed by atoms with van der Waals surface area (Å²) in [6.07, 6.45) is -7.38. The van der Waals surface area contributed by atoms with Crippen molar-refractivity contribution in [1.29, 1.82) is 0 Å². The lowest BCUT2D eigenvalue weighted by Crippen LogP contribution is -2.58. The van der Waals surface area contributed by atoms with Crippen LogP contribution in [-0.4, -0.2) is 56.6 Å². The minimum absolute atomic E-state index is 0.153. The fourth-order valence-electron chi connectivity index (χ4n) is 7.15. The van der Waals surface area contributed by atoms with E-state index in [4.69, 9.17) is 4.74 Å². The van der Waals surface area contributed by atoms with E-state index < -0.39 is 52.9 Å². The van der Waals surface area contributed by atoms with E-state index in [1.165, 1.54) is 0 Å². The summed E-state index contributed by atoms with van der Waals surface area (Å²) >= 11 is 0. The first-order valence-corrected chi connectivity index (χ1v) is 19.7. The van der Waals surface area contributed by atoms with Gasteiger partial charge in [0.2, 0.25) is 0 Å². The normalized spacial score (nSPS) is 16.2. The molecule has 54 heavy (non-hydrogen) atoms. The summed E-state index contributed by atoms with van der Waals surface area (Å²) in [6, 6.07) is 18.7. The fraction of sp³-hybridized carbons (Fsp3) is 0.625. The van der Waals surface area contributed by atoms with Crippen LogP contribution >= 0.6 is 0 Å². The smallest absolute Gasteiger partial charge is 0.188 e. The lowest BCUT2D eigenvalue weighted by Gasteiger charge is -2.47. The van der Waals surface area contributed by atoms with Gasteiger partial charge in [0.1, 0.15) is 30.2 Å². The molecule has 0 spiro atoms. The van der Waals surface area contributed by atoms with Crippen molar-refractivity contribution in [2.24, 2.45) is 0 Å². The predicted molar refractivity (Wildman–Crippen MR) is 224 cm³/mol. The van der Waals surface area contributed by atoms with Gasteiger partial charge in [0.05, 0.1) is 6.61 Å². The van der Waals surface area contributed by atoms with Crippen LogP contribution in [0.1, 0.15) is 169 Å². The molecule has 0 saturated heterocycles. The number of aliphatic hydroxyl groups is 5. The molecular formula is C48H74O6. The minimum atomic E-state index is -1.94. The van der Waals surface area contributed by atoms with E-state index in [1.54, 1.807) is 0 Å². The molecule has 4 unspecified atom stereocenters. The second-order valence-electron chi connectivity index (χ2n) is 21.7. The lowest BCUT2D eigenvalue weighted by molar-refractivity contribution is -0.157. The van der Waals surface area contributed by atoms with Gasteiger partial charge < -0.3 is 30.3 Å². The Balaban J connectivity index is 2.81. The molecule has 0 amide bonds. The number of rotatable bonds is 9. The number of benzene rings is 3. The number of hydrogen-bond donors (Lipinski definition) is 5. The molecule has 6 nitrogen and oxygen atoms in total. The highest BCUT2D eigenvalue weighted by atomic mass is 16.5. The van der Waals surface area contributed by atoms with Gasteiger partial charge in [-0.25, -0.2) is 0 Å². The van der Waals surface area contributed by atoms with Crippen molar-refractivity contribution >= 4 is 0 Å². The first-order valence-electron chi connectivity index (χ1n) is 19.7. The first kappa shape index (κ1) is 45.6. The van der Waals surface area contributed by atoms with Crippen molar-refractivity contribution in [3.05, 3.63) is 99.1 Å². The molecule has 0 fully saturated rings. The highest BCUT2D eigenvalue weighted by molar-refractivity contribution is 5.55. The van der Waals surface area contributed by atoms with Crippen LogP contribution in [0.15, 0.2) is 54.6 Å². The van der Waals surface area contributed by atoms with Crippen LogP contribution in [0.4, 0.5) is 0 Å². The van der Waals surface area contributed by atoms with Crippen LogP contribution < -0.4 is 4.74 Å². The van der Waals surface area contributed by atoms with E-state index in [2.05, 4.69) is 161 Å². The van der Waals surface area contributed by atoms with Crippen molar-refractivity contribution in [3.8, 4) is 5.75 Å². The number of aliphatic hydroxyl groups excluding tert-OH is 5. The van der Waals surface area contributed by atoms with Gasteiger partial charge in [-0.3, -0.25) is 0 Å². The Morgan fingerprint density at radius 3 is 1.07 bits per heavy atom. The standard InChI is InChI=1S/C48H74O6/c1-42(2,3)29-19-22-32(34(25-29)45(10,11)12)48(41(53)40(52)39(51)37(50)28-49,33-23-20-30(43(4,5)6)26-35(33)46(13,14)15)54-38-24-21-31(44(7,8)9)27-36(38)47(16,17)18/h19-27,37,39-41,49-53H,28H2,1-18H3. The molecule has 4 atom stereocenters. The molecule has 0 saturated carbocycles. The van der Waals surface area contributed by atoms with Crippen LogP contribution in [-0.2, 0) is 38.1 Å². The van der Waals surface area contributed by atoms with E-state index in [-0.39, 0.29) is 16.2 Å². The summed E-state index contributed by atoms with van der Waals surface area (Å²) in [5.41, 5.74) is 3.56. The van der Waals surface area contributed by atoms with E-state index >= 15 is 0 Å². The van der Waals surface area contributed by atoms with Gasteiger partial charge in [0.25, 0.3) is 0 Å². The molecule has 5 N–H and O–H groups in total. The van der Waals surface area contributed by atoms with Gasteiger partial charge in [-0.15, -0.1) is 0 Å². The molecular weight excluding hydrogens is 673 g/mol. The summed E-state index contributed by atoms with van der Waals surface area (Å²) in [5.74, 6) is 0.526. The summed E-state index contributed by atoms with van der Waals surface area (Å²) < 4.78 is 7.60. The van der Waals surface area contributed by atoms with Gasteiger partial charge in [-0.1, -0.05) is 173 Å². The second-order valence-corrected chi connectivity index (χ2v) is 21.7. The number of ether oxygens (including phenoxy) is 1.